The third kappa shape index (κ3) is 1.55. The zero-order chi connectivity index (χ0) is 11.0. The molecule has 0 saturated heterocycles. The zero-order valence-corrected chi connectivity index (χ0v) is 9.06. The number of carbonyl (C=O) groups excluding carboxylic acids is 1. The minimum atomic E-state index is 0.337. The van der Waals surface area contributed by atoms with Gasteiger partial charge in [0.25, 0.3) is 0 Å². The largest absolute Gasteiger partial charge is 0.298 e. The van der Waals surface area contributed by atoms with Crippen LogP contribution in [0.1, 0.15) is 10.4 Å². The Morgan fingerprint density at radius 2 is 2.20 bits per heavy atom. The highest BCUT2D eigenvalue weighted by Crippen LogP contribution is 2.25. The van der Waals surface area contributed by atoms with Gasteiger partial charge in [-0.1, -0.05) is 11.6 Å². The van der Waals surface area contributed by atoms with Crippen LogP contribution in [0.2, 0.25) is 5.15 Å². The highest BCUT2D eigenvalue weighted by molar-refractivity contribution is 6.32. The van der Waals surface area contributed by atoms with Gasteiger partial charge < -0.3 is 0 Å². The minimum absolute atomic E-state index is 0.337. The van der Waals surface area contributed by atoms with Crippen molar-refractivity contribution in [2.24, 2.45) is 14.1 Å². The predicted octanol–water partition coefficient (Wildman–Crippen LogP) is 1.29. The van der Waals surface area contributed by atoms with Crippen LogP contribution in [0.3, 0.4) is 0 Å². The third-order valence-corrected chi connectivity index (χ3v) is 2.56. The van der Waals surface area contributed by atoms with E-state index in [1.807, 2.05) is 0 Å². The molecule has 0 atom stereocenters. The normalized spacial score (nSPS) is 10.6. The number of aromatic nitrogens is 4. The molecule has 0 spiro atoms. The van der Waals surface area contributed by atoms with Crippen LogP contribution in [0, 0.1) is 0 Å². The molecule has 2 rings (SSSR count). The summed E-state index contributed by atoms with van der Waals surface area (Å²) in [7, 11) is 3.49. The topological polar surface area (TPSA) is 52.7 Å². The van der Waals surface area contributed by atoms with Crippen molar-refractivity contribution >= 4 is 17.9 Å². The first-order valence-electron chi connectivity index (χ1n) is 4.30. The van der Waals surface area contributed by atoms with Crippen LogP contribution in [0.25, 0.3) is 11.3 Å². The summed E-state index contributed by atoms with van der Waals surface area (Å²) in [5.74, 6) is 0. The molecule has 0 N–H and O–H groups in total. The number of aryl methyl sites for hydroxylation is 2. The number of rotatable bonds is 2. The number of carbonyl (C=O) groups is 1. The lowest BCUT2D eigenvalue weighted by atomic mass is 10.2. The third-order valence-electron chi connectivity index (χ3n) is 2.11. The molecule has 0 amide bonds. The van der Waals surface area contributed by atoms with E-state index in [-0.39, 0.29) is 0 Å². The van der Waals surface area contributed by atoms with Crippen molar-refractivity contribution in [1.82, 2.24) is 19.6 Å². The summed E-state index contributed by atoms with van der Waals surface area (Å²) in [5.41, 5.74) is 1.74. The molecule has 0 fully saturated rings. The molecule has 15 heavy (non-hydrogen) atoms. The van der Waals surface area contributed by atoms with Crippen molar-refractivity contribution in [1.29, 1.82) is 0 Å². The minimum Gasteiger partial charge on any atom is -0.298 e. The van der Waals surface area contributed by atoms with E-state index >= 15 is 0 Å². The fourth-order valence-corrected chi connectivity index (χ4v) is 1.55. The SMILES string of the molecule is Cn1cc(-c2nn(C)c(Cl)c2C=O)cn1. The molecule has 6 heteroatoms. The van der Waals surface area contributed by atoms with E-state index < -0.39 is 0 Å². The van der Waals surface area contributed by atoms with Crippen molar-refractivity contribution in [3.8, 4) is 11.3 Å². The van der Waals surface area contributed by atoms with E-state index in [0.717, 1.165) is 5.56 Å². The summed E-state index contributed by atoms with van der Waals surface area (Å²) in [6.45, 7) is 0. The van der Waals surface area contributed by atoms with E-state index in [2.05, 4.69) is 10.2 Å². The monoisotopic (exact) mass is 224 g/mol. The molecule has 0 bridgehead atoms. The molecule has 2 heterocycles. The summed E-state index contributed by atoms with van der Waals surface area (Å²) < 4.78 is 3.11. The molecule has 0 aliphatic rings. The Hall–Kier alpha value is -1.62. The number of halogens is 1. The molecule has 2 aromatic heterocycles. The van der Waals surface area contributed by atoms with Crippen molar-refractivity contribution in [2.45, 2.75) is 0 Å². The molecule has 0 unspecified atom stereocenters. The zero-order valence-electron chi connectivity index (χ0n) is 8.31. The fraction of sp³-hybridized carbons (Fsp3) is 0.222. The Kier molecular flexibility index (Phi) is 2.32. The van der Waals surface area contributed by atoms with Gasteiger partial charge in [0, 0.05) is 25.9 Å². The summed E-state index contributed by atoms with van der Waals surface area (Å²) in [6, 6.07) is 0. The van der Waals surface area contributed by atoms with Gasteiger partial charge in [0.2, 0.25) is 0 Å². The van der Waals surface area contributed by atoms with Crippen LogP contribution >= 0.6 is 11.6 Å². The maximum absolute atomic E-state index is 10.9. The highest BCUT2D eigenvalue weighted by Gasteiger charge is 2.16. The van der Waals surface area contributed by atoms with E-state index in [1.165, 1.54) is 4.68 Å². The number of hydrogen-bond donors (Lipinski definition) is 0. The summed E-state index contributed by atoms with van der Waals surface area (Å²) in [5, 5.41) is 8.52. The first-order chi connectivity index (χ1) is 7.13. The number of nitrogens with zero attached hydrogens (tertiary/aromatic N) is 4. The average molecular weight is 225 g/mol. The Labute approximate surface area is 91.3 Å². The van der Waals surface area contributed by atoms with Crippen LogP contribution in [0.4, 0.5) is 0 Å². The van der Waals surface area contributed by atoms with Gasteiger partial charge in [0.15, 0.2) is 6.29 Å². The second-order valence-electron chi connectivity index (χ2n) is 3.20. The summed E-state index contributed by atoms with van der Waals surface area (Å²) in [6.07, 6.45) is 4.13. The van der Waals surface area contributed by atoms with E-state index in [9.17, 15) is 4.79 Å². The smallest absolute Gasteiger partial charge is 0.155 e. The van der Waals surface area contributed by atoms with Crippen LogP contribution < -0.4 is 0 Å². The number of hydrogen-bond acceptors (Lipinski definition) is 3. The first-order valence-corrected chi connectivity index (χ1v) is 4.68. The maximum atomic E-state index is 10.9. The van der Waals surface area contributed by atoms with Crippen molar-refractivity contribution in [3.63, 3.8) is 0 Å². The molecule has 0 aromatic carbocycles. The fourth-order valence-electron chi connectivity index (χ4n) is 1.38. The second-order valence-corrected chi connectivity index (χ2v) is 3.56. The Balaban J connectivity index is 2.62. The van der Waals surface area contributed by atoms with Crippen LogP contribution in [-0.2, 0) is 14.1 Å². The summed E-state index contributed by atoms with van der Waals surface area (Å²) in [4.78, 5) is 10.9. The Morgan fingerprint density at radius 3 is 2.73 bits per heavy atom. The molecule has 0 aliphatic heterocycles. The van der Waals surface area contributed by atoms with Gasteiger partial charge >= 0.3 is 0 Å². The van der Waals surface area contributed by atoms with Gasteiger partial charge in [-0.3, -0.25) is 14.2 Å². The van der Waals surface area contributed by atoms with Crippen molar-refractivity contribution < 1.29 is 4.79 Å². The van der Waals surface area contributed by atoms with Crippen molar-refractivity contribution in [2.75, 3.05) is 0 Å². The van der Waals surface area contributed by atoms with E-state index in [1.54, 1.807) is 31.2 Å². The van der Waals surface area contributed by atoms with Gasteiger partial charge in [-0.15, -0.1) is 0 Å². The molecular weight excluding hydrogens is 216 g/mol. The summed E-state index contributed by atoms with van der Waals surface area (Å²) >= 11 is 5.91. The highest BCUT2D eigenvalue weighted by atomic mass is 35.5. The van der Waals surface area contributed by atoms with E-state index in [4.69, 9.17) is 11.6 Å². The van der Waals surface area contributed by atoms with Crippen LogP contribution in [0.5, 0.6) is 0 Å². The maximum Gasteiger partial charge on any atom is 0.155 e. The predicted molar refractivity (Wildman–Crippen MR) is 55.8 cm³/mol. The molecule has 5 nitrogen and oxygen atoms in total. The first kappa shape index (κ1) is 9.92. The van der Waals surface area contributed by atoms with Gasteiger partial charge in [-0.05, 0) is 0 Å². The quantitative estimate of drug-likeness (QED) is 0.723. The second kappa shape index (κ2) is 3.51. The average Bonchev–Trinajstić information content (AvgIpc) is 2.73. The standard InChI is InChI=1S/C9H9ClN4O/c1-13-4-6(3-11-13)8-7(5-15)9(10)14(2)12-8/h3-5H,1-2H3. The van der Waals surface area contributed by atoms with Crippen LogP contribution in [-0.4, -0.2) is 25.8 Å². The molecule has 0 saturated carbocycles. The lowest BCUT2D eigenvalue weighted by Crippen LogP contribution is -1.89. The Bertz CT molecular complexity index is 514. The van der Waals surface area contributed by atoms with Crippen LogP contribution in [0.15, 0.2) is 12.4 Å². The van der Waals surface area contributed by atoms with Gasteiger partial charge in [0.1, 0.15) is 10.8 Å². The van der Waals surface area contributed by atoms with Gasteiger partial charge in [-0.2, -0.15) is 10.2 Å². The molecular formula is C9H9ClN4O. The van der Waals surface area contributed by atoms with E-state index in [0.29, 0.717) is 22.7 Å². The van der Waals surface area contributed by atoms with Gasteiger partial charge in [0.05, 0.1) is 11.8 Å². The molecule has 0 radical (unpaired) electrons. The lowest BCUT2D eigenvalue weighted by molar-refractivity contribution is 0.112. The lowest BCUT2D eigenvalue weighted by Gasteiger charge is -1.89. The van der Waals surface area contributed by atoms with Gasteiger partial charge in [-0.25, -0.2) is 0 Å². The molecule has 78 valence electrons. The number of aldehydes is 1. The Morgan fingerprint density at radius 1 is 1.47 bits per heavy atom. The molecule has 0 aliphatic carbocycles. The molecule has 2 aromatic rings. The van der Waals surface area contributed by atoms with Crippen molar-refractivity contribution in [3.05, 3.63) is 23.1 Å².